The first kappa shape index (κ1) is 12.2. The number of fused-ring (bicyclic) bond motifs is 1. The van der Waals surface area contributed by atoms with Crippen LogP contribution < -0.4 is 5.73 Å². The van der Waals surface area contributed by atoms with Gasteiger partial charge in [-0.15, -0.1) is 0 Å². The molecule has 0 aliphatic carbocycles. The van der Waals surface area contributed by atoms with Crippen molar-refractivity contribution in [1.82, 2.24) is 19.5 Å². The maximum atomic E-state index is 9.04. The van der Waals surface area contributed by atoms with Crippen molar-refractivity contribution in [3.63, 3.8) is 0 Å². The Labute approximate surface area is 100 Å². The van der Waals surface area contributed by atoms with Crippen molar-refractivity contribution >= 4 is 26.4 Å². The minimum atomic E-state index is -0.0456. The van der Waals surface area contributed by atoms with Crippen LogP contribution in [-0.2, 0) is 4.52 Å². The molecular weight excluding hydrogens is 241 g/mol. The van der Waals surface area contributed by atoms with Gasteiger partial charge < -0.3 is 19.9 Å². The molecule has 7 nitrogen and oxygen atoms in total. The van der Waals surface area contributed by atoms with Gasteiger partial charge in [0.25, 0.3) is 0 Å². The maximum absolute atomic E-state index is 9.04. The molecule has 0 fully saturated rings. The predicted octanol–water partition coefficient (Wildman–Crippen LogP) is 0.139. The third-order valence-corrected chi connectivity index (χ3v) is 2.73. The zero-order valence-corrected chi connectivity index (χ0v) is 10.3. The van der Waals surface area contributed by atoms with Crippen molar-refractivity contribution in [1.29, 1.82) is 0 Å². The molecule has 0 aromatic carbocycles. The standard InChI is InChI=1S/C9H14N5O2P/c10-8-7-9(12-4-11-8)13-5-14(7)6(1-2-15)3-16-17/h4-6,15H,1-3,17H2,(H2,10,11,12). The Hall–Kier alpha value is -1.30. The molecule has 2 unspecified atom stereocenters. The van der Waals surface area contributed by atoms with Crippen LogP contribution in [0.3, 0.4) is 0 Å². The van der Waals surface area contributed by atoms with Crippen LogP contribution in [0, 0.1) is 0 Å². The van der Waals surface area contributed by atoms with E-state index in [1.54, 1.807) is 6.33 Å². The molecule has 2 aromatic heterocycles. The molecule has 2 rings (SSSR count). The highest BCUT2D eigenvalue weighted by Gasteiger charge is 2.16. The van der Waals surface area contributed by atoms with Gasteiger partial charge in [-0.2, -0.15) is 0 Å². The summed E-state index contributed by atoms with van der Waals surface area (Å²) in [6.07, 6.45) is 3.57. The highest BCUT2D eigenvalue weighted by Crippen LogP contribution is 2.22. The van der Waals surface area contributed by atoms with Crippen LogP contribution in [0.1, 0.15) is 12.5 Å². The number of nitrogen functional groups attached to an aromatic ring is 1. The molecule has 3 N–H and O–H groups in total. The number of aromatic nitrogens is 4. The van der Waals surface area contributed by atoms with Crippen molar-refractivity contribution in [3.8, 4) is 0 Å². The monoisotopic (exact) mass is 255 g/mol. The van der Waals surface area contributed by atoms with Gasteiger partial charge in [0.1, 0.15) is 11.8 Å². The number of nitrogens with two attached hydrogens (primary N) is 1. The first-order chi connectivity index (χ1) is 8.27. The normalized spacial score (nSPS) is 13.1. The lowest BCUT2D eigenvalue weighted by atomic mass is 10.2. The SMILES string of the molecule is Nc1ncnc2ncn(C(CCO)COP)c12. The minimum Gasteiger partial charge on any atom is -0.396 e. The number of anilines is 1. The Morgan fingerprint density at radius 3 is 3.00 bits per heavy atom. The summed E-state index contributed by atoms with van der Waals surface area (Å²) in [6.45, 7) is 0.497. The van der Waals surface area contributed by atoms with Gasteiger partial charge in [0, 0.05) is 16.1 Å². The van der Waals surface area contributed by atoms with E-state index in [-0.39, 0.29) is 12.6 Å². The summed E-state index contributed by atoms with van der Waals surface area (Å²) in [4.78, 5) is 12.1. The van der Waals surface area contributed by atoms with E-state index in [0.29, 0.717) is 30.0 Å². The molecule has 0 radical (unpaired) electrons. The average Bonchev–Trinajstić information content (AvgIpc) is 2.74. The number of imidazole rings is 1. The molecule has 8 heteroatoms. The van der Waals surface area contributed by atoms with Gasteiger partial charge in [-0.25, -0.2) is 15.0 Å². The van der Waals surface area contributed by atoms with Gasteiger partial charge in [0.05, 0.1) is 19.0 Å². The molecule has 0 aliphatic rings. The molecule has 92 valence electrons. The van der Waals surface area contributed by atoms with Gasteiger partial charge in [-0.05, 0) is 6.42 Å². The molecule has 0 saturated heterocycles. The van der Waals surface area contributed by atoms with Gasteiger partial charge in [0.2, 0.25) is 0 Å². The third-order valence-electron chi connectivity index (χ3n) is 2.54. The molecular formula is C9H14N5O2P. The minimum absolute atomic E-state index is 0.0456. The first-order valence-electron chi connectivity index (χ1n) is 5.13. The Balaban J connectivity index is 2.45. The van der Waals surface area contributed by atoms with Crippen molar-refractivity contribution in [2.75, 3.05) is 18.9 Å². The second-order valence-corrected chi connectivity index (χ2v) is 3.92. The van der Waals surface area contributed by atoms with Crippen molar-refractivity contribution < 1.29 is 9.63 Å². The second-order valence-electron chi connectivity index (χ2n) is 3.58. The maximum Gasteiger partial charge on any atom is 0.182 e. The molecule has 0 saturated carbocycles. The molecule has 2 atom stereocenters. The Morgan fingerprint density at radius 1 is 1.47 bits per heavy atom. The fourth-order valence-corrected chi connectivity index (χ4v) is 1.96. The average molecular weight is 255 g/mol. The highest BCUT2D eigenvalue weighted by molar-refractivity contribution is 7.09. The molecule has 2 heterocycles. The van der Waals surface area contributed by atoms with Crippen molar-refractivity contribution in [3.05, 3.63) is 12.7 Å². The second kappa shape index (κ2) is 5.35. The van der Waals surface area contributed by atoms with Crippen LogP contribution in [-0.4, -0.2) is 37.8 Å². The molecule has 0 bridgehead atoms. The van der Waals surface area contributed by atoms with E-state index < -0.39 is 0 Å². The van der Waals surface area contributed by atoms with Gasteiger partial charge in [-0.3, -0.25) is 0 Å². The third kappa shape index (κ3) is 2.36. The van der Waals surface area contributed by atoms with E-state index >= 15 is 0 Å². The summed E-state index contributed by atoms with van der Waals surface area (Å²) in [7, 11) is 2.19. The van der Waals surface area contributed by atoms with Crippen LogP contribution >= 0.6 is 9.47 Å². The van der Waals surface area contributed by atoms with E-state index in [0.717, 1.165) is 0 Å². The number of aliphatic hydroxyl groups excluding tert-OH is 1. The van der Waals surface area contributed by atoms with Crippen molar-refractivity contribution in [2.45, 2.75) is 12.5 Å². The summed E-state index contributed by atoms with van der Waals surface area (Å²) < 4.78 is 6.88. The highest BCUT2D eigenvalue weighted by atomic mass is 31.0. The summed E-state index contributed by atoms with van der Waals surface area (Å²) in [5.41, 5.74) is 7.03. The zero-order chi connectivity index (χ0) is 12.3. The van der Waals surface area contributed by atoms with Crippen LogP contribution in [0.4, 0.5) is 5.82 Å². The zero-order valence-electron chi connectivity index (χ0n) is 9.15. The van der Waals surface area contributed by atoms with Crippen LogP contribution in [0.25, 0.3) is 11.2 Å². The van der Waals surface area contributed by atoms with Crippen LogP contribution in [0.15, 0.2) is 12.7 Å². The number of hydrogen-bond acceptors (Lipinski definition) is 6. The number of rotatable bonds is 5. The lowest BCUT2D eigenvalue weighted by Crippen LogP contribution is -2.15. The largest absolute Gasteiger partial charge is 0.396 e. The molecule has 0 spiro atoms. The van der Waals surface area contributed by atoms with E-state index in [2.05, 4.69) is 24.4 Å². The lowest BCUT2D eigenvalue weighted by Gasteiger charge is -2.17. The summed E-state index contributed by atoms with van der Waals surface area (Å²) >= 11 is 0. The van der Waals surface area contributed by atoms with Crippen molar-refractivity contribution in [2.24, 2.45) is 0 Å². The Bertz CT molecular complexity index is 497. The summed E-state index contributed by atoms with van der Waals surface area (Å²) in [5, 5.41) is 9.04. The summed E-state index contributed by atoms with van der Waals surface area (Å²) in [5.74, 6) is 0.374. The van der Waals surface area contributed by atoms with E-state index in [4.69, 9.17) is 15.4 Å². The van der Waals surface area contributed by atoms with Gasteiger partial charge in [0.15, 0.2) is 11.5 Å². The number of hydrogen-bond donors (Lipinski definition) is 2. The smallest absolute Gasteiger partial charge is 0.182 e. The Kier molecular flexibility index (Phi) is 3.83. The first-order valence-corrected chi connectivity index (χ1v) is 5.60. The van der Waals surface area contributed by atoms with E-state index in [1.807, 2.05) is 4.57 Å². The Morgan fingerprint density at radius 2 is 2.29 bits per heavy atom. The number of aliphatic hydroxyl groups is 1. The summed E-state index contributed by atoms with van der Waals surface area (Å²) in [6, 6.07) is -0.0456. The van der Waals surface area contributed by atoms with E-state index in [1.165, 1.54) is 6.33 Å². The predicted molar refractivity (Wildman–Crippen MR) is 66.1 cm³/mol. The number of nitrogens with zero attached hydrogens (tertiary/aromatic N) is 4. The van der Waals surface area contributed by atoms with Gasteiger partial charge in [-0.1, -0.05) is 0 Å². The van der Waals surface area contributed by atoms with Crippen LogP contribution in [0.5, 0.6) is 0 Å². The topological polar surface area (TPSA) is 99.1 Å². The van der Waals surface area contributed by atoms with Crippen LogP contribution in [0.2, 0.25) is 0 Å². The van der Waals surface area contributed by atoms with Gasteiger partial charge >= 0.3 is 0 Å². The quantitative estimate of drug-likeness (QED) is 0.737. The van der Waals surface area contributed by atoms with E-state index in [9.17, 15) is 0 Å². The molecule has 0 amide bonds. The fraction of sp³-hybridized carbons (Fsp3) is 0.444. The fourth-order valence-electron chi connectivity index (χ4n) is 1.74. The molecule has 17 heavy (non-hydrogen) atoms. The molecule has 0 aliphatic heterocycles. The lowest BCUT2D eigenvalue weighted by molar-refractivity contribution is 0.217. The molecule has 2 aromatic rings.